The normalized spacial score (nSPS) is 32.2. The van der Waals surface area contributed by atoms with Crippen molar-refractivity contribution in [3.63, 3.8) is 0 Å². The second kappa shape index (κ2) is 4.82. The maximum Gasteiger partial charge on any atom is 0.161 e. The smallest absolute Gasteiger partial charge is 0.161 e. The Balaban J connectivity index is 2.54. The van der Waals surface area contributed by atoms with Crippen molar-refractivity contribution in [3.05, 3.63) is 23.9 Å². The molecule has 0 saturated carbocycles. The predicted molar refractivity (Wildman–Crippen MR) is 82.8 cm³/mol. The Hall–Kier alpha value is -1.47. The second-order valence-electron chi connectivity index (χ2n) is 6.58. The summed E-state index contributed by atoms with van der Waals surface area (Å²) in [5, 5.41) is 12.8. The summed E-state index contributed by atoms with van der Waals surface area (Å²) >= 11 is 5.44. The van der Waals surface area contributed by atoms with Crippen molar-refractivity contribution in [1.29, 1.82) is 5.26 Å². The lowest BCUT2D eigenvalue weighted by atomic mass is 9.63. The third kappa shape index (κ3) is 2.10. The van der Waals surface area contributed by atoms with E-state index in [1.54, 1.807) is 6.08 Å². The van der Waals surface area contributed by atoms with E-state index >= 15 is 0 Å². The maximum atomic E-state index is 12.5. The lowest BCUT2D eigenvalue weighted by molar-refractivity contribution is -0.119. The van der Waals surface area contributed by atoms with Crippen LogP contribution in [0.5, 0.6) is 0 Å². The molecule has 0 spiro atoms. The summed E-state index contributed by atoms with van der Waals surface area (Å²) in [5.41, 5.74) is 0.788. The van der Waals surface area contributed by atoms with Crippen LogP contribution in [0.4, 0.5) is 0 Å². The van der Waals surface area contributed by atoms with Crippen LogP contribution < -0.4 is 5.32 Å². The van der Waals surface area contributed by atoms with Crippen molar-refractivity contribution in [3.8, 4) is 6.07 Å². The van der Waals surface area contributed by atoms with Crippen LogP contribution in [-0.2, 0) is 4.79 Å². The number of nitrogens with zero attached hydrogens (tertiary/aromatic N) is 1. The number of nitrogens with one attached hydrogen (secondary N) is 1. The Bertz CT molecular complexity index is 568. The van der Waals surface area contributed by atoms with Gasteiger partial charge >= 0.3 is 0 Å². The van der Waals surface area contributed by atoms with Crippen LogP contribution in [0.1, 0.15) is 40.0 Å². The first-order valence-electron chi connectivity index (χ1n) is 6.87. The number of hydrogen-bond acceptors (Lipinski definition) is 3. The summed E-state index contributed by atoms with van der Waals surface area (Å²) < 4.78 is 0. The summed E-state index contributed by atoms with van der Waals surface area (Å²) in [6.07, 6.45) is 3.49. The van der Waals surface area contributed by atoms with Crippen molar-refractivity contribution in [2.24, 2.45) is 16.7 Å². The van der Waals surface area contributed by atoms with Crippen LogP contribution in [0.2, 0.25) is 0 Å². The zero-order chi connectivity index (χ0) is 15.1. The molecule has 0 aromatic rings. The molecule has 1 aliphatic carbocycles. The lowest BCUT2D eigenvalue weighted by Crippen LogP contribution is -2.51. The first kappa shape index (κ1) is 14.9. The van der Waals surface area contributed by atoms with Crippen molar-refractivity contribution >= 4 is 23.0 Å². The molecule has 3 nitrogen and oxygen atoms in total. The highest BCUT2D eigenvalue weighted by Crippen LogP contribution is 2.47. The molecule has 1 aliphatic heterocycles. The van der Waals surface area contributed by atoms with E-state index in [9.17, 15) is 10.1 Å². The first-order chi connectivity index (χ1) is 9.27. The monoisotopic (exact) mass is 288 g/mol. The van der Waals surface area contributed by atoms with Gasteiger partial charge < -0.3 is 5.32 Å². The number of nitriles is 1. The van der Waals surface area contributed by atoms with Gasteiger partial charge in [0, 0.05) is 23.6 Å². The number of hydrogen-bond donors (Lipinski definition) is 1. The number of allylic oxidation sites excluding steroid dienone is 3. The van der Waals surface area contributed by atoms with E-state index in [0.29, 0.717) is 17.8 Å². The Kier molecular flexibility index (Phi) is 3.60. The number of carbonyl (C=O) groups excluding carboxylic acids is 1. The molecule has 0 amide bonds. The van der Waals surface area contributed by atoms with E-state index in [1.807, 2.05) is 6.92 Å². The standard InChI is InChI=1S/C16H20N2OS/c1-5-6-16(9-17)10(2)13-11(18-14(16)20)7-15(3,4)8-12(13)19/h5,10H,1,6-8H2,2-4H3,(H,18,20). The fourth-order valence-electron chi connectivity index (χ4n) is 3.33. The number of Topliss-reactive ketones (excluding diaryl/α,β-unsaturated/α-hetero) is 1. The van der Waals surface area contributed by atoms with Gasteiger partial charge in [-0.05, 0) is 18.3 Å². The van der Waals surface area contributed by atoms with E-state index in [1.165, 1.54) is 0 Å². The van der Waals surface area contributed by atoms with Gasteiger partial charge in [0.05, 0.1) is 6.07 Å². The third-order valence-electron chi connectivity index (χ3n) is 4.43. The second-order valence-corrected chi connectivity index (χ2v) is 6.99. The van der Waals surface area contributed by atoms with Gasteiger partial charge in [-0.2, -0.15) is 5.26 Å². The average molecular weight is 288 g/mol. The molecule has 0 saturated heterocycles. The fourth-order valence-corrected chi connectivity index (χ4v) is 3.76. The SMILES string of the molecule is C=CCC1(C#N)C(=S)NC2=C(C(=O)CC(C)(C)C2)C1C. The van der Waals surface area contributed by atoms with Crippen molar-refractivity contribution < 1.29 is 4.79 Å². The molecule has 2 aliphatic rings. The molecule has 1 heterocycles. The summed E-state index contributed by atoms with van der Waals surface area (Å²) in [5.74, 6) is -0.0414. The molecule has 0 bridgehead atoms. The highest BCUT2D eigenvalue weighted by molar-refractivity contribution is 7.80. The molecule has 2 rings (SSSR count). The molecule has 1 N–H and O–H groups in total. The highest BCUT2D eigenvalue weighted by Gasteiger charge is 2.50. The zero-order valence-electron chi connectivity index (χ0n) is 12.2. The van der Waals surface area contributed by atoms with Gasteiger partial charge in [-0.3, -0.25) is 4.79 Å². The summed E-state index contributed by atoms with van der Waals surface area (Å²) in [6.45, 7) is 9.83. The number of ketones is 1. The van der Waals surface area contributed by atoms with Crippen molar-refractivity contribution in [2.75, 3.05) is 0 Å². The molecular formula is C16H20N2OS. The quantitative estimate of drug-likeness (QED) is 0.626. The van der Waals surface area contributed by atoms with Gasteiger partial charge in [0.2, 0.25) is 0 Å². The number of thiocarbonyl (C=S) groups is 1. The highest BCUT2D eigenvalue weighted by atomic mass is 32.1. The fraction of sp³-hybridized carbons (Fsp3) is 0.562. The average Bonchev–Trinajstić information content (AvgIpc) is 2.32. The molecule has 2 atom stereocenters. The molecule has 2 unspecified atom stereocenters. The Morgan fingerprint density at radius 1 is 1.55 bits per heavy atom. The Morgan fingerprint density at radius 3 is 2.75 bits per heavy atom. The Morgan fingerprint density at radius 2 is 2.20 bits per heavy atom. The molecular weight excluding hydrogens is 268 g/mol. The molecule has 4 heteroatoms. The first-order valence-corrected chi connectivity index (χ1v) is 7.28. The van der Waals surface area contributed by atoms with E-state index in [2.05, 4.69) is 31.8 Å². The topological polar surface area (TPSA) is 52.9 Å². The van der Waals surface area contributed by atoms with Gasteiger partial charge in [0.1, 0.15) is 10.4 Å². The van der Waals surface area contributed by atoms with E-state index in [-0.39, 0.29) is 17.1 Å². The van der Waals surface area contributed by atoms with Crippen LogP contribution >= 0.6 is 12.2 Å². The third-order valence-corrected chi connectivity index (χ3v) is 4.89. The van der Waals surface area contributed by atoms with Gasteiger partial charge in [-0.25, -0.2) is 0 Å². The molecule has 0 fully saturated rings. The number of carbonyl (C=O) groups is 1. The summed E-state index contributed by atoms with van der Waals surface area (Å²) in [6, 6.07) is 2.33. The van der Waals surface area contributed by atoms with E-state index < -0.39 is 5.41 Å². The summed E-state index contributed by atoms with van der Waals surface area (Å²) in [4.78, 5) is 13.0. The minimum atomic E-state index is -0.840. The van der Waals surface area contributed by atoms with Gasteiger partial charge in [0.25, 0.3) is 0 Å². The van der Waals surface area contributed by atoms with Crippen LogP contribution in [0.15, 0.2) is 23.9 Å². The lowest BCUT2D eigenvalue weighted by Gasteiger charge is -2.44. The largest absolute Gasteiger partial charge is 0.352 e. The molecule has 0 radical (unpaired) electrons. The number of rotatable bonds is 2. The van der Waals surface area contributed by atoms with Crippen LogP contribution in [0.25, 0.3) is 0 Å². The zero-order valence-corrected chi connectivity index (χ0v) is 13.1. The van der Waals surface area contributed by atoms with Crippen molar-refractivity contribution in [2.45, 2.75) is 40.0 Å². The van der Waals surface area contributed by atoms with E-state index in [0.717, 1.165) is 17.7 Å². The maximum absolute atomic E-state index is 12.5. The van der Waals surface area contributed by atoms with Gasteiger partial charge in [0.15, 0.2) is 5.78 Å². The minimum Gasteiger partial charge on any atom is -0.352 e. The van der Waals surface area contributed by atoms with E-state index in [4.69, 9.17) is 12.2 Å². The molecule has 0 aromatic heterocycles. The van der Waals surface area contributed by atoms with Gasteiger partial charge in [-0.1, -0.05) is 39.1 Å². The minimum absolute atomic E-state index is 0.0523. The van der Waals surface area contributed by atoms with Crippen LogP contribution in [0.3, 0.4) is 0 Å². The molecule has 20 heavy (non-hydrogen) atoms. The van der Waals surface area contributed by atoms with Crippen LogP contribution in [-0.4, -0.2) is 10.8 Å². The molecule has 0 aromatic carbocycles. The van der Waals surface area contributed by atoms with Gasteiger partial charge in [-0.15, -0.1) is 6.58 Å². The predicted octanol–water partition coefficient (Wildman–Crippen LogP) is 3.28. The summed E-state index contributed by atoms with van der Waals surface area (Å²) in [7, 11) is 0. The Labute approximate surface area is 125 Å². The van der Waals surface area contributed by atoms with Crippen LogP contribution in [0, 0.1) is 28.1 Å². The molecule has 106 valence electrons. The van der Waals surface area contributed by atoms with Crippen molar-refractivity contribution in [1.82, 2.24) is 5.32 Å².